The van der Waals surface area contributed by atoms with Crippen molar-refractivity contribution in [3.05, 3.63) is 59.9 Å². The Morgan fingerprint density at radius 3 is 2.83 bits per heavy atom. The van der Waals surface area contributed by atoms with Crippen LogP contribution < -0.4 is 15.5 Å². The van der Waals surface area contributed by atoms with Gasteiger partial charge < -0.3 is 10.1 Å². The van der Waals surface area contributed by atoms with Crippen LogP contribution in [0.25, 0.3) is 0 Å². The first-order valence-corrected chi connectivity index (χ1v) is 7.15. The van der Waals surface area contributed by atoms with Crippen LogP contribution in [-0.2, 0) is 4.79 Å². The first-order chi connectivity index (χ1) is 11.7. The van der Waals surface area contributed by atoms with Gasteiger partial charge >= 0.3 is 0 Å². The van der Waals surface area contributed by atoms with E-state index in [1.165, 1.54) is 18.3 Å². The summed E-state index contributed by atoms with van der Waals surface area (Å²) in [6.45, 7) is 0.209. The number of nitrogens with zero attached hydrogens (tertiary/aromatic N) is 1. The van der Waals surface area contributed by atoms with E-state index in [1.54, 1.807) is 30.3 Å². The molecule has 0 aliphatic heterocycles. The Hall–Kier alpha value is -3.33. The minimum absolute atomic E-state index is 0.0221. The Morgan fingerprint density at radius 2 is 2.08 bits per heavy atom. The molecule has 0 fully saturated rings. The van der Waals surface area contributed by atoms with Crippen LogP contribution in [0, 0.1) is 18.2 Å². The third-order valence-corrected chi connectivity index (χ3v) is 2.88. The van der Waals surface area contributed by atoms with Crippen LogP contribution >= 0.6 is 0 Å². The molecular formula is C18H16FN3O2. The number of terminal acetylenes is 1. The van der Waals surface area contributed by atoms with Crippen LogP contribution in [0.5, 0.6) is 5.75 Å². The molecular weight excluding hydrogens is 309 g/mol. The molecule has 2 rings (SSSR count). The number of nitrogens with one attached hydrogen (secondary N) is 2. The largest absolute Gasteiger partial charge is 0.481 e. The summed E-state index contributed by atoms with van der Waals surface area (Å²) >= 11 is 0. The van der Waals surface area contributed by atoms with Crippen LogP contribution in [0.15, 0.2) is 53.6 Å². The number of hydrogen-bond acceptors (Lipinski definition) is 4. The van der Waals surface area contributed by atoms with E-state index in [2.05, 4.69) is 21.8 Å². The van der Waals surface area contributed by atoms with Gasteiger partial charge in [0.15, 0.2) is 0 Å². The van der Waals surface area contributed by atoms with Crippen molar-refractivity contribution < 1.29 is 13.9 Å². The van der Waals surface area contributed by atoms with Gasteiger partial charge in [0.1, 0.15) is 18.2 Å². The Labute approximate surface area is 139 Å². The highest BCUT2D eigenvalue weighted by Gasteiger charge is 2.00. The molecule has 2 aromatic rings. The van der Waals surface area contributed by atoms with Gasteiger partial charge in [0, 0.05) is 5.69 Å². The molecule has 1 amide bonds. The summed E-state index contributed by atoms with van der Waals surface area (Å²) in [5, 5.41) is 6.73. The molecule has 0 spiro atoms. The van der Waals surface area contributed by atoms with Crippen molar-refractivity contribution in [3.8, 4) is 18.1 Å². The topological polar surface area (TPSA) is 62.7 Å². The minimum atomic E-state index is -0.331. The van der Waals surface area contributed by atoms with Gasteiger partial charge in [-0.25, -0.2) is 9.82 Å². The molecule has 2 N–H and O–H groups in total. The summed E-state index contributed by atoms with van der Waals surface area (Å²) in [7, 11) is 0. The van der Waals surface area contributed by atoms with Crippen LogP contribution in [0.4, 0.5) is 10.1 Å². The molecule has 0 unspecified atom stereocenters. The van der Waals surface area contributed by atoms with Gasteiger partial charge in [-0.3, -0.25) is 4.79 Å². The normalized spacial score (nSPS) is 10.2. The van der Waals surface area contributed by atoms with Crippen LogP contribution in [-0.4, -0.2) is 25.3 Å². The summed E-state index contributed by atoms with van der Waals surface area (Å²) in [6, 6.07) is 12.9. The Kier molecular flexibility index (Phi) is 6.35. The average molecular weight is 325 g/mol. The van der Waals surface area contributed by atoms with Crippen molar-refractivity contribution in [2.24, 2.45) is 5.10 Å². The molecule has 5 nitrogen and oxygen atoms in total. The van der Waals surface area contributed by atoms with E-state index in [0.29, 0.717) is 11.4 Å². The minimum Gasteiger partial charge on any atom is -0.481 e. The van der Waals surface area contributed by atoms with Gasteiger partial charge in [0.2, 0.25) is 0 Å². The van der Waals surface area contributed by atoms with E-state index in [4.69, 9.17) is 11.2 Å². The number of halogens is 1. The molecule has 0 bridgehead atoms. The van der Waals surface area contributed by atoms with Gasteiger partial charge in [-0.15, -0.1) is 6.42 Å². The van der Waals surface area contributed by atoms with Crippen molar-refractivity contribution in [2.45, 2.75) is 0 Å². The second kappa shape index (κ2) is 8.96. The molecule has 6 heteroatoms. The van der Waals surface area contributed by atoms with Gasteiger partial charge in [-0.2, -0.15) is 5.10 Å². The second-order valence-corrected chi connectivity index (χ2v) is 4.72. The van der Waals surface area contributed by atoms with E-state index in [9.17, 15) is 9.18 Å². The number of anilines is 1. The molecule has 2 aromatic carbocycles. The Balaban J connectivity index is 1.79. The third kappa shape index (κ3) is 5.81. The number of hydrazone groups is 1. The second-order valence-electron chi connectivity index (χ2n) is 4.72. The van der Waals surface area contributed by atoms with Gasteiger partial charge in [-0.1, -0.05) is 18.1 Å². The summed E-state index contributed by atoms with van der Waals surface area (Å²) in [5.74, 6) is 2.36. The molecule has 0 aliphatic carbocycles. The first kappa shape index (κ1) is 17.0. The molecule has 0 aliphatic rings. The zero-order valence-electron chi connectivity index (χ0n) is 12.8. The average Bonchev–Trinajstić information content (AvgIpc) is 2.60. The van der Waals surface area contributed by atoms with Crippen molar-refractivity contribution in [1.29, 1.82) is 0 Å². The fourth-order valence-electron chi connectivity index (χ4n) is 1.78. The maximum atomic E-state index is 12.8. The van der Waals surface area contributed by atoms with Crippen molar-refractivity contribution in [1.82, 2.24) is 5.43 Å². The van der Waals surface area contributed by atoms with E-state index < -0.39 is 0 Å². The number of ether oxygens (including phenoxy) is 1. The maximum absolute atomic E-state index is 12.8. The van der Waals surface area contributed by atoms with Crippen LogP contribution in [0.2, 0.25) is 0 Å². The zero-order chi connectivity index (χ0) is 17.2. The van der Waals surface area contributed by atoms with Gasteiger partial charge in [0.05, 0.1) is 12.8 Å². The standard InChI is InChI=1S/C18H16FN3O2/c1-2-10-24-17-5-3-4-14(11-17)12-21-22-18(23)13-20-16-8-6-15(19)7-9-16/h1,3-9,11-12,20H,10,13H2,(H,22,23)/b21-12-. The SMILES string of the molecule is C#CCOc1cccc(/C=N\NC(=O)CNc2ccc(F)cc2)c1. The van der Waals surface area contributed by atoms with E-state index in [1.807, 2.05) is 6.07 Å². The smallest absolute Gasteiger partial charge is 0.259 e. The van der Waals surface area contributed by atoms with E-state index in [0.717, 1.165) is 5.56 Å². The fourth-order valence-corrected chi connectivity index (χ4v) is 1.78. The first-order valence-electron chi connectivity index (χ1n) is 7.15. The number of hydrogen-bond donors (Lipinski definition) is 2. The Morgan fingerprint density at radius 1 is 1.29 bits per heavy atom. The monoisotopic (exact) mass is 325 g/mol. The van der Waals surface area contributed by atoms with Crippen LogP contribution in [0.3, 0.4) is 0 Å². The molecule has 0 atom stereocenters. The highest BCUT2D eigenvalue weighted by atomic mass is 19.1. The lowest BCUT2D eigenvalue weighted by molar-refractivity contribution is -0.119. The lowest BCUT2D eigenvalue weighted by Gasteiger charge is -2.05. The predicted molar refractivity (Wildman–Crippen MR) is 91.4 cm³/mol. The predicted octanol–water partition coefficient (Wildman–Crippen LogP) is 2.40. The number of carbonyl (C=O) groups excluding carboxylic acids is 1. The number of rotatable bonds is 7. The van der Waals surface area contributed by atoms with E-state index in [-0.39, 0.29) is 24.9 Å². The number of benzene rings is 2. The maximum Gasteiger partial charge on any atom is 0.259 e. The highest BCUT2D eigenvalue weighted by molar-refractivity contribution is 5.84. The summed E-state index contributed by atoms with van der Waals surface area (Å²) in [6.07, 6.45) is 6.63. The molecule has 0 radical (unpaired) electrons. The van der Waals surface area contributed by atoms with Gasteiger partial charge in [0.25, 0.3) is 5.91 Å². The van der Waals surface area contributed by atoms with E-state index >= 15 is 0 Å². The molecule has 0 heterocycles. The lowest BCUT2D eigenvalue weighted by atomic mass is 10.2. The van der Waals surface area contributed by atoms with Crippen LogP contribution in [0.1, 0.15) is 5.56 Å². The fraction of sp³-hybridized carbons (Fsp3) is 0.111. The third-order valence-electron chi connectivity index (χ3n) is 2.88. The highest BCUT2D eigenvalue weighted by Crippen LogP contribution is 2.11. The quantitative estimate of drug-likeness (QED) is 0.467. The number of amides is 1. The molecule has 0 saturated carbocycles. The molecule has 0 saturated heterocycles. The lowest BCUT2D eigenvalue weighted by Crippen LogP contribution is -2.25. The Bertz CT molecular complexity index is 752. The summed E-state index contributed by atoms with van der Waals surface area (Å²) in [5.41, 5.74) is 3.80. The molecule has 122 valence electrons. The zero-order valence-corrected chi connectivity index (χ0v) is 12.8. The van der Waals surface area contributed by atoms with Gasteiger partial charge in [-0.05, 0) is 42.0 Å². The van der Waals surface area contributed by atoms with Crippen molar-refractivity contribution in [2.75, 3.05) is 18.5 Å². The summed E-state index contributed by atoms with van der Waals surface area (Å²) in [4.78, 5) is 11.7. The van der Waals surface area contributed by atoms with Crippen molar-refractivity contribution in [3.63, 3.8) is 0 Å². The molecule has 0 aromatic heterocycles. The summed E-state index contributed by atoms with van der Waals surface area (Å²) < 4.78 is 18.1. The molecule has 24 heavy (non-hydrogen) atoms. The number of carbonyl (C=O) groups is 1. The van der Waals surface area contributed by atoms with Crippen molar-refractivity contribution >= 4 is 17.8 Å².